The van der Waals surface area contributed by atoms with Gasteiger partial charge in [0.15, 0.2) is 0 Å². The van der Waals surface area contributed by atoms with E-state index in [-0.39, 0.29) is 6.47 Å². The van der Waals surface area contributed by atoms with Crippen molar-refractivity contribution in [3.63, 3.8) is 0 Å². The van der Waals surface area contributed by atoms with Crippen LogP contribution in [0.1, 0.15) is 51.9 Å². The summed E-state index contributed by atoms with van der Waals surface area (Å²) >= 11 is 0. The van der Waals surface area contributed by atoms with Gasteiger partial charge < -0.3 is 19.6 Å². The molecule has 2 heterocycles. The summed E-state index contributed by atoms with van der Waals surface area (Å²) in [4.78, 5) is 25.3. The number of carbonyl (C=O) groups excluding carboxylic acids is 1. The van der Waals surface area contributed by atoms with Crippen LogP contribution in [0.15, 0.2) is 0 Å². The number of amides is 1. The number of piperidine rings is 1. The van der Waals surface area contributed by atoms with Gasteiger partial charge in [0.1, 0.15) is 0 Å². The molecule has 1 unspecified atom stereocenters. The number of carboxylic acid groups (broad SMARTS) is 1. The van der Waals surface area contributed by atoms with Crippen molar-refractivity contribution in [2.24, 2.45) is 11.8 Å². The highest BCUT2D eigenvalue weighted by molar-refractivity contribution is 5.76. The molecule has 6 heteroatoms. The number of rotatable bonds is 6. The maximum absolute atomic E-state index is 12.4. The van der Waals surface area contributed by atoms with E-state index in [2.05, 4.69) is 16.7 Å². The van der Waals surface area contributed by atoms with E-state index in [4.69, 9.17) is 14.6 Å². The number of hydrogen-bond donors (Lipinski definition) is 1. The van der Waals surface area contributed by atoms with Gasteiger partial charge in [0.25, 0.3) is 6.47 Å². The highest BCUT2D eigenvalue weighted by atomic mass is 16.5. The normalized spacial score (nSPS) is 21.0. The number of carbonyl (C=O) groups is 2. The molecule has 1 amide bonds. The van der Waals surface area contributed by atoms with Gasteiger partial charge in [-0.05, 0) is 50.6 Å². The lowest BCUT2D eigenvalue weighted by Gasteiger charge is -2.35. The van der Waals surface area contributed by atoms with E-state index in [1.165, 1.54) is 38.8 Å². The number of ether oxygens (including phenoxy) is 1. The molecule has 0 aliphatic carbocycles. The van der Waals surface area contributed by atoms with Gasteiger partial charge in [-0.1, -0.05) is 19.8 Å². The SMILES string of the molecule is COCC(C)C1CCN(C(=O)CCN2CCCCCC2)CC1.O=CO. The number of hydrogen-bond acceptors (Lipinski definition) is 4. The molecule has 2 rings (SSSR count). The van der Waals surface area contributed by atoms with Crippen molar-refractivity contribution in [3.05, 3.63) is 0 Å². The average Bonchev–Trinajstić information content (AvgIpc) is 2.89. The minimum Gasteiger partial charge on any atom is -0.483 e. The van der Waals surface area contributed by atoms with Crippen molar-refractivity contribution in [1.82, 2.24) is 9.80 Å². The van der Waals surface area contributed by atoms with Crippen LogP contribution < -0.4 is 0 Å². The molecule has 0 spiro atoms. The van der Waals surface area contributed by atoms with E-state index in [9.17, 15) is 4.79 Å². The predicted octanol–water partition coefficient (Wildman–Crippen LogP) is 2.47. The quantitative estimate of drug-likeness (QED) is 0.741. The smallest absolute Gasteiger partial charge is 0.290 e. The molecule has 1 N–H and O–H groups in total. The Morgan fingerprint density at radius 2 is 1.72 bits per heavy atom. The number of nitrogens with zero attached hydrogens (tertiary/aromatic N) is 2. The maximum Gasteiger partial charge on any atom is 0.290 e. The molecule has 2 aliphatic heterocycles. The Hall–Kier alpha value is -1.14. The summed E-state index contributed by atoms with van der Waals surface area (Å²) in [5, 5.41) is 6.89. The van der Waals surface area contributed by atoms with Crippen molar-refractivity contribution in [1.29, 1.82) is 0 Å². The topological polar surface area (TPSA) is 70.1 Å². The molecule has 0 saturated carbocycles. The van der Waals surface area contributed by atoms with Crippen LogP contribution in [0, 0.1) is 11.8 Å². The van der Waals surface area contributed by atoms with Gasteiger partial charge in [0, 0.05) is 39.8 Å². The van der Waals surface area contributed by atoms with Crippen molar-refractivity contribution in [2.45, 2.75) is 51.9 Å². The van der Waals surface area contributed by atoms with E-state index < -0.39 is 0 Å². The number of likely N-dealkylation sites (tertiary alicyclic amines) is 2. The summed E-state index contributed by atoms with van der Waals surface area (Å²) in [6.45, 7) is 8.07. The van der Waals surface area contributed by atoms with Crippen LogP contribution in [0.4, 0.5) is 0 Å². The van der Waals surface area contributed by atoms with Crippen LogP contribution >= 0.6 is 0 Å². The van der Waals surface area contributed by atoms with Crippen LogP contribution in [0.25, 0.3) is 0 Å². The van der Waals surface area contributed by atoms with E-state index in [1.54, 1.807) is 7.11 Å². The van der Waals surface area contributed by atoms with Gasteiger partial charge >= 0.3 is 0 Å². The van der Waals surface area contributed by atoms with Gasteiger partial charge in [0.2, 0.25) is 5.91 Å². The third-order valence-electron chi connectivity index (χ3n) is 5.47. The van der Waals surface area contributed by atoms with Gasteiger partial charge in [-0.25, -0.2) is 0 Å². The lowest BCUT2D eigenvalue weighted by Crippen LogP contribution is -2.41. The molecule has 2 saturated heterocycles. The van der Waals surface area contributed by atoms with Gasteiger partial charge in [0.05, 0.1) is 0 Å². The van der Waals surface area contributed by atoms with Crippen molar-refractivity contribution in [2.75, 3.05) is 46.4 Å². The highest BCUT2D eigenvalue weighted by Gasteiger charge is 2.26. The minimum atomic E-state index is -0.250. The van der Waals surface area contributed by atoms with Gasteiger partial charge in [-0.3, -0.25) is 9.59 Å². The second-order valence-electron chi connectivity index (χ2n) is 7.26. The predicted molar refractivity (Wildman–Crippen MR) is 98.6 cm³/mol. The Bertz CT molecular complexity index is 362. The molecule has 0 radical (unpaired) electrons. The zero-order chi connectivity index (χ0) is 18.5. The first-order chi connectivity index (χ1) is 12.1. The van der Waals surface area contributed by atoms with E-state index >= 15 is 0 Å². The van der Waals surface area contributed by atoms with E-state index in [0.717, 1.165) is 45.0 Å². The molecular weight excluding hydrogens is 320 g/mol. The summed E-state index contributed by atoms with van der Waals surface area (Å²) in [7, 11) is 1.78. The fourth-order valence-corrected chi connectivity index (χ4v) is 3.89. The van der Waals surface area contributed by atoms with Crippen LogP contribution in [-0.2, 0) is 14.3 Å². The van der Waals surface area contributed by atoms with E-state index in [1.807, 2.05) is 0 Å². The van der Waals surface area contributed by atoms with Gasteiger partial charge in [-0.15, -0.1) is 0 Å². The molecule has 0 aromatic rings. The lowest BCUT2D eigenvalue weighted by molar-refractivity contribution is -0.133. The van der Waals surface area contributed by atoms with Crippen LogP contribution in [0.2, 0.25) is 0 Å². The van der Waals surface area contributed by atoms with Crippen molar-refractivity contribution < 1.29 is 19.4 Å². The van der Waals surface area contributed by atoms with Crippen molar-refractivity contribution in [3.8, 4) is 0 Å². The molecular formula is C19H36N2O4. The minimum absolute atomic E-state index is 0.250. The Balaban J connectivity index is 0.000000970. The second-order valence-corrected chi connectivity index (χ2v) is 7.26. The molecule has 6 nitrogen and oxygen atoms in total. The zero-order valence-corrected chi connectivity index (χ0v) is 16.0. The van der Waals surface area contributed by atoms with Crippen molar-refractivity contribution >= 4 is 12.4 Å². The first-order valence-corrected chi connectivity index (χ1v) is 9.69. The summed E-state index contributed by atoms with van der Waals surface area (Å²) < 4.78 is 5.26. The Morgan fingerprint density at radius 1 is 1.16 bits per heavy atom. The molecule has 2 aliphatic rings. The summed E-state index contributed by atoms with van der Waals surface area (Å²) in [6.07, 6.45) is 8.31. The Kier molecular flexibility index (Phi) is 11.5. The van der Waals surface area contributed by atoms with Gasteiger partial charge in [-0.2, -0.15) is 0 Å². The first-order valence-electron chi connectivity index (χ1n) is 9.69. The molecule has 0 aromatic heterocycles. The molecule has 0 aromatic carbocycles. The fourth-order valence-electron chi connectivity index (χ4n) is 3.89. The van der Waals surface area contributed by atoms with Crippen LogP contribution in [-0.4, -0.2) is 73.7 Å². The molecule has 25 heavy (non-hydrogen) atoms. The molecule has 1 atom stereocenters. The Labute approximate surface area is 152 Å². The summed E-state index contributed by atoms with van der Waals surface area (Å²) in [6, 6.07) is 0. The maximum atomic E-state index is 12.4. The summed E-state index contributed by atoms with van der Waals surface area (Å²) in [5.41, 5.74) is 0. The average molecular weight is 357 g/mol. The third-order valence-corrected chi connectivity index (χ3v) is 5.47. The molecule has 2 fully saturated rings. The second kappa shape index (κ2) is 13.1. The first kappa shape index (κ1) is 21.9. The Morgan fingerprint density at radius 3 is 2.24 bits per heavy atom. The molecule has 146 valence electrons. The zero-order valence-electron chi connectivity index (χ0n) is 16.0. The standard InChI is InChI=1S/C18H34N2O2.CH2O2/c1-16(15-22-2)17-7-13-20(14-8-17)18(21)9-12-19-10-5-3-4-6-11-19;2-1-3/h16-17H,3-15H2,1-2H3;1H,(H,2,3). The molecule has 0 bridgehead atoms. The lowest BCUT2D eigenvalue weighted by atomic mass is 9.86. The van der Waals surface area contributed by atoms with E-state index in [0.29, 0.717) is 18.2 Å². The third kappa shape index (κ3) is 8.68. The largest absolute Gasteiger partial charge is 0.483 e. The van der Waals surface area contributed by atoms with Crippen LogP contribution in [0.5, 0.6) is 0 Å². The monoisotopic (exact) mass is 356 g/mol. The number of methoxy groups -OCH3 is 1. The highest BCUT2D eigenvalue weighted by Crippen LogP contribution is 2.25. The summed E-state index contributed by atoms with van der Waals surface area (Å²) in [5.74, 6) is 1.69. The fraction of sp³-hybridized carbons (Fsp3) is 0.895. The van der Waals surface area contributed by atoms with Crippen LogP contribution in [0.3, 0.4) is 0 Å².